The normalized spacial score (nSPS) is 12.4. The number of ether oxygens (including phenoxy) is 2. The second-order valence-electron chi connectivity index (χ2n) is 7.68. The van der Waals surface area contributed by atoms with Crippen molar-refractivity contribution in [2.75, 3.05) is 6.79 Å². The van der Waals surface area contributed by atoms with Crippen molar-refractivity contribution in [1.29, 1.82) is 0 Å². The van der Waals surface area contributed by atoms with E-state index in [1.165, 1.54) is 35.2 Å². The molecule has 0 N–H and O–H groups in total. The lowest BCUT2D eigenvalue weighted by atomic mass is 10.1. The molecule has 5 aromatic rings. The van der Waals surface area contributed by atoms with Gasteiger partial charge in [0.2, 0.25) is 6.79 Å². The number of thiophene rings is 1. The Bertz CT molecular complexity index is 1560. The molecule has 0 unspecified atom stereocenters. The van der Waals surface area contributed by atoms with E-state index in [1.807, 2.05) is 53.9 Å². The Hall–Kier alpha value is -3.62. The molecule has 8 heteroatoms. The predicted octanol–water partition coefficient (Wildman–Crippen LogP) is 6.27. The van der Waals surface area contributed by atoms with Gasteiger partial charge in [-0.15, -0.1) is 11.3 Å². The standard InChI is InChI=1S/C26H17FN2O3S2/c27-18-9-7-17(8-10-18)20-14-33-24-23(20)25(30)29(19-4-2-1-3-5-19)26(28-24)34-13-16-6-11-21-22(12-16)32-15-31-21/h1-12,14H,13,15H2. The van der Waals surface area contributed by atoms with Gasteiger partial charge in [0.05, 0.1) is 11.1 Å². The Kier molecular flexibility index (Phi) is 5.31. The van der Waals surface area contributed by atoms with Crippen LogP contribution in [0.25, 0.3) is 27.0 Å². The molecule has 1 aliphatic heterocycles. The Morgan fingerprint density at radius 1 is 1.00 bits per heavy atom. The summed E-state index contributed by atoms with van der Waals surface area (Å²) in [7, 11) is 0. The maximum Gasteiger partial charge on any atom is 0.268 e. The van der Waals surface area contributed by atoms with E-state index in [9.17, 15) is 9.18 Å². The molecule has 0 bridgehead atoms. The van der Waals surface area contributed by atoms with E-state index in [1.54, 1.807) is 16.7 Å². The van der Waals surface area contributed by atoms with Gasteiger partial charge in [-0.2, -0.15) is 0 Å². The molecule has 3 heterocycles. The van der Waals surface area contributed by atoms with Crippen molar-refractivity contribution in [3.8, 4) is 28.3 Å². The first-order valence-corrected chi connectivity index (χ1v) is 12.4. The Morgan fingerprint density at radius 3 is 2.62 bits per heavy atom. The molecule has 0 spiro atoms. The molecule has 0 radical (unpaired) electrons. The van der Waals surface area contributed by atoms with Crippen molar-refractivity contribution in [2.24, 2.45) is 0 Å². The van der Waals surface area contributed by atoms with Gasteiger partial charge < -0.3 is 9.47 Å². The highest BCUT2D eigenvalue weighted by atomic mass is 32.2. The number of aromatic nitrogens is 2. The van der Waals surface area contributed by atoms with Gasteiger partial charge in [-0.1, -0.05) is 48.2 Å². The topological polar surface area (TPSA) is 53.4 Å². The number of hydrogen-bond acceptors (Lipinski definition) is 6. The molecular weight excluding hydrogens is 471 g/mol. The molecule has 0 saturated carbocycles. The van der Waals surface area contributed by atoms with Gasteiger partial charge in [-0.25, -0.2) is 9.37 Å². The largest absolute Gasteiger partial charge is 0.454 e. The lowest BCUT2D eigenvalue weighted by Gasteiger charge is -2.13. The lowest BCUT2D eigenvalue weighted by Crippen LogP contribution is -2.21. The summed E-state index contributed by atoms with van der Waals surface area (Å²) in [5, 5.41) is 3.05. The monoisotopic (exact) mass is 488 g/mol. The van der Waals surface area contributed by atoms with Crippen LogP contribution in [0, 0.1) is 5.82 Å². The maximum absolute atomic E-state index is 13.8. The van der Waals surface area contributed by atoms with Crippen molar-refractivity contribution in [3.05, 3.63) is 99.9 Å². The Labute approximate surface area is 202 Å². The molecule has 5 nitrogen and oxygen atoms in total. The average molecular weight is 489 g/mol. The molecular formula is C26H17FN2O3S2. The molecule has 34 heavy (non-hydrogen) atoms. The van der Waals surface area contributed by atoms with E-state index in [2.05, 4.69) is 0 Å². The second kappa shape index (κ2) is 8.62. The first-order chi connectivity index (χ1) is 16.7. The number of fused-ring (bicyclic) bond motifs is 2. The molecule has 0 fully saturated rings. The molecule has 3 aromatic carbocycles. The number of halogens is 1. The van der Waals surface area contributed by atoms with Crippen LogP contribution in [0.5, 0.6) is 11.5 Å². The zero-order valence-electron chi connectivity index (χ0n) is 17.7. The quantitative estimate of drug-likeness (QED) is 0.215. The molecule has 0 saturated heterocycles. The van der Waals surface area contributed by atoms with Gasteiger partial charge in [-0.3, -0.25) is 9.36 Å². The first kappa shape index (κ1) is 20.9. The number of thioether (sulfide) groups is 1. The smallest absolute Gasteiger partial charge is 0.268 e. The number of hydrogen-bond donors (Lipinski definition) is 0. The minimum atomic E-state index is -0.315. The highest BCUT2D eigenvalue weighted by molar-refractivity contribution is 7.98. The van der Waals surface area contributed by atoms with Crippen molar-refractivity contribution in [2.45, 2.75) is 10.9 Å². The van der Waals surface area contributed by atoms with Crippen molar-refractivity contribution in [1.82, 2.24) is 9.55 Å². The summed E-state index contributed by atoms with van der Waals surface area (Å²) in [4.78, 5) is 19.4. The van der Waals surface area contributed by atoms with Crippen molar-refractivity contribution >= 4 is 33.3 Å². The summed E-state index contributed by atoms with van der Waals surface area (Å²) in [5.41, 5.74) is 3.18. The van der Waals surface area contributed by atoms with Gasteiger partial charge >= 0.3 is 0 Å². The highest BCUT2D eigenvalue weighted by Crippen LogP contribution is 2.36. The lowest BCUT2D eigenvalue weighted by molar-refractivity contribution is 0.174. The zero-order chi connectivity index (χ0) is 23.1. The summed E-state index contributed by atoms with van der Waals surface area (Å²) < 4.78 is 26.0. The van der Waals surface area contributed by atoms with Crippen molar-refractivity contribution in [3.63, 3.8) is 0 Å². The van der Waals surface area contributed by atoms with Gasteiger partial charge in [0.15, 0.2) is 16.7 Å². The summed E-state index contributed by atoms with van der Waals surface area (Å²) in [6.07, 6.45) is 0. The van der Waals surface area contributed by atoms with E-state index >= 15 is 0 Å². The third-order valence-electron chi connectivity index (χ3n) is 5.55. The molecule has 168 valence electrons. The van der Waals surface area contributed by atoms with Crippen LogP contribution in [0.2, 0.25) is 0 Å². The molecule has 2 aromatic heterocycles. The van der Waals surface area contributed by atoms with Crippen LogP contribution < -0.4 is 15.0 Å². The van der Waals surface area contributed by atoms with E-state index in [0.29, 0.717) is 21.1 Å². The predicted molar refractivity (Wildman–Crippen MR) is 133 cm³/mol. The fourth-order valence-corrected chi connectivity index (χ4v) is 5.84. The summed E-state index contributed by atoms with van der Waals surface area (Å²) >= 11 is 2.90. The molecule has 0 atom stereocenters. The minimum Gasteiger partial charge on any atom is -0.454 e. The number of nitrogens with zero attached hydrogens (tertiary/aromatic N) is 2. The van der Waals surface area contributed by atoms with E-state index in [-0.39, 0.29) is 18.2 Å². The zero-order valence-corrected chi connectivity index (χ0v) is 19.4. The molecule has 0 amide bonds. The SMILES string of the molecule is O=c1c2c(-c3ccc(F)cc3)csc2nc(SCc2ccc3c(c2)OCO3)n1-c1ccccc1. The van der Waals surface area contributed by atoms with Crippen LogP contribution in [-0.2, 0) is 5.75 Å². The highest BCUT2D eigenvalue weighted by Gasteiger charge is 2.19. The number of para-hydroxylation sites is 1. The Balaban J connectivity index is 1.46. The van der Waals surface area contributed by atoms with Crippen LogP contribution in [0.15, 0.2) is 88.1 Å². The molecule has 1 aliphatic rings. The van der Waals surface area contributed by atoms with Gasteiger partial charge in [-0.05, 0) is 47.5 Å². The van der Waals surface area contributed by atoms with Crippen molar-refractivity contribution < 1.29 is 13.9 Å². The van der Waals surface area contributed by atoms with Crippen LogP contribution in [0.4, 0.5) is 4.39 Å². The van der Waals surface area contributed by atoms with Crippen LogP contribution in [0.1, 0.15) is 5.56 Å². The third kappa shape index (κ3) is 3.74. The minimum absolute atomic E-state index is 0.148. The van der Waals surface area contributed by atoms with Gasteiger partial charge in [0.25, 0.3) is 5.56 Å². The number of benzene rings is 3. The summed E-state index contributed by atoms with van der Waals surface area (Å²) in [6, 6.07) is 21.5. The van der Waals surface area contributed by atoms with Crippen LogP contribution in [0.3, 0.4) is 0 Å². The fraction of sp³-hybridized carbons (Fsp3) is 0.0769. The van der Waals surface area contributed by atoms with Gasteiger partial charge in [0.1, 0.15) is 10.6 Å². The molecule has 6 rings (SSSR count). The van der Waals surface area contributed by atoms with E-state index in [0.717, 1.165) is 33.9 Å². The molecule has 0 aliphatic carbocycles. The third-order valence-corrected chi connectivity index (χ3v) is 7.43. The summed E-state index contributed by atoms with van der Waals surface area (Å²) in [6.45, 7) is 0.229. The number of rotatable bonds is 5. The van der Waals surface area contributed by atoms with Crippen LogP contribution in [-0.4, -0.2) is 16.3 Å². The average Bonchev–Trinajstić information content (AvgIpc) is 3.51. The summed E-state index contributed by atoms with van der Waals surface area (Å²) in [5.74, 6) is 1.76. The first-order valence-electron chi connectivity index (χ1n) is 10.5. The van der Waals surface area contributed by atoms with Gasteiger partial charge in [0, 0.05) is 16.7 Å². The van der Waals surface area contributed by atoms with Crippen LogP contribution >= 0.6 is 23.1 Å². The maximum atomic E-state index is 13.8. The van der Waals surface area contributed by atoms with E-state index < -0.39 is 0 Å². The second-order valence-corrected chi connectivity index (χ2v) is 9.48. The fourth-order valence-electron chi connectivity index (χ4n) is 3.89. The van der Waals surface area contributed by atoms with E-state index in [4.69, 9.17) is 14.5 Å². The Morgan fingerprint density at radius 2 is 1.79 bits per heavy atom.